The summed E-state index contributed by atoms with van der Waals surface area (Å²) in [5, 5.41) is 6.15. The number of ether oxygens (including phenoxy) is 3. The van der Waals surface area contributed by atoms with Crippen LogP contribution in [0.15, 0.2) is 52.5 Å². The third-order valence-corrected chi connectivity index (χ3v) is 5.40. The molecule has 0 bridgehead atoms. The van der Waals surface area contributed by atoms with Crippen LogP contribution in [0.4, 0.5) is 5.13 Å². The standard InChI is InChI=1S/C22H20N2O5S/c1-26-15-5-6-16-14(11-29-19(16)10-15)9-21(25)24-22-23-17(12-30-22)13-4-7-18(27-2)20(8-13)28-3/h4-8,10-12H,9H2,1-3H3,(H,23,24,25). The van der Waals surface area contributed by atoms with Gasteiger partial charge in [0.2, 0.25) is 5.91 Å². The molecule has 4 aromatic rings. The molecule has 0 radical (unpaired) electrons. The fraction of sp³-hybridized carbons (Fsp3) is 0.182. The number of nitrogens with zero attached hydrogens (tertiary/aromatic N) is 1. The van der Waals surface area contributed by atoms with Gasteiger partial charge in [-0.25, -0.2) is 4.98 Å². The zero-order chi connectivity index (χ0) is 21.1. The van der Waals surface area contributed by atoms with Gasteiger partial charge in [-0.3, -0.25) is 4.79 Å². The molecule has 0 unspecified atom stereocenters. The molecule has 0 spiro atoms. The van der Waals surface area contributed by atoms with E-state index in [0.29, 0.717) is 28.0 Å². The lowest BCUT2D eigenvalue weighted by Gasteiger charge is -2.08. The van der Waals surface area contributed by atoms with Gasteiger partial charge in [0.05, 0.1) is 39.7 Å². The van der Waals surface area contributed by atoms with Crippen LogP contribution in [0.2, 0.25) is 0 Å². The van der Waals surface area contributed by atoms with Gasteiger partial charge in [0, 0.05) is 28.0 Å². The summed E-state index contributed by atoms with van der Waals surface area (Å²) in [6.07, 6.45) is 1.78. The number of hydrogen-bond acceptors (Lipinski definition) is 7. The fourth-order valence-corrected chi connectivity index (χ4v) is 3.86. The van der Waals surface area contributed by atoms with Gasteiger partial charge in [-0.15, -0.1) is 11.3 Å². The highest BCUT2D eigenvalue weighted by atomic mass is 32.1. The maximum absolute atomic E-state index is 12.5. The van der Waals surface area contributed by atoms with E-state index in [-0.39, 0.29) is 12.3 Å². The van der Waals surface area contributed by atoms with Gasteiger partial charge in [-0.05, 0) is 30.3 Å². The summed E-state index contributed by atoms with van der Waals surface area (Å²) < 4.78 is 21.4. The van der Waals surface area contributed by atoms with Crippen molar-refractivity contribution in [3.05, 3.63) is 53.6 Å². The lowest BCUT2D eigenvalue weighted by Crippen LogP contribution is -2.13. The minimum Gasteiger partial charge on any atom is -0.497 e. The molecule has 154 valence electrons. The van der Waals surface area contributed by atoms with Gasteiger partial charge in [-0.1, -0.05) is 0 Å². The third kappa shape index (κ3) is 3.95. The normalized spacial score (nSPS) is 10.8. The molecule has 2 aromatic heterocycles. The maximum atomic E-state index is 12.5. The molecule has 0 fully saturated rings. The minimum absolute atomic E-state index is 0.165. The maximum Gasteiger partial charge on any atom is 0.230 e. The molecule has 0 saturated heterocycles. The summed E-state index contributed by atoms with van der Waals surface area (Å²) in [6, 6.07) is 11.1. The van der Waals surface area contributed by atoms with E-state index in [1.165, 1.54) is 11.3 Å². The van der Waals surface area contributed by atoms with E-state index >= 15 is 0 Å². The van der Waals surface area contributed by atoms with Crippen molar-refractivity contribution in [3.63, 3.8) is 0 Å². The molecule has 0 saturated carbocycles. The summed E-state index contributed by atoms with van der Waals surface area (Å²) in [5.74, 6) is 1.81. The van der Waals surface area contributed by atoms with E-state index in [1.807, 2.05) is 35.7 Å². The van der Waals surface area contributed by atoms with Crippen molar-refractivity contribution in [2.45, 2.75) is 6.42 Å². The number of methoxy groups -OCH3 is 3. The van der Waals surface area contributed by atoms with Gasteiger partial charge >= 0.3 is 0 Å². The summed E-state index contributed by atoms with van der Waals surface area (Å²) in [6.45, 7) is 0. The number of furan rings is 1. The van der Waals surface area contributed by atoms with E-state index in [0.717, 1.165) is 22.2 Å². The Morgan fingerprint density at radius 1 is 1.07 bits per heavy atom. The first-order chi connectivity index (χ1) is 14.6. The molecule has 1 N–H and O–H groups in total. The first-order valence-corrected chi connectivity index (χ1v) is 10.0. The van der Waals surface area contributed by atoms with Gasteiger partial charge in [0.25, 0.3) is 0 Å². The Kier molecular flexibility index (Phi) is 5.58. The van der Waals surface area contributed by atoms with Gasteiger partial charge in [0.15, 0.2) is 16.6 Å². The monoisotopic (exact) mass is 424 g/mol. The van der Waals surface area contributed by atoms with E-state index in [2.05, 4.69) is 10.3 Å². The van der Waals surface area contributed by atoms with Crippen molar-refractivity contribution >= 4 is 33.3 Å². The molecule has 8 heteroatoms. The van der Waals surface area contributed by atoms with Gasteiger partial charge < -0.3 is 23.9 Å². The molecular formula is C22H20N2O5S. The minimum atomic E-state index is -0.165. The number of benzene rings is 2. The van der Waals surface area contributed by atoms with Crippen LogP contribution < -0.4 is 19.5 Å². The third-order valence-electron chi connectivity index (χ3n) is 4.64. The second kappa shape index (κ2) is 8.46. The van der Waals surface area contributed by atoms with Gasteiger partial charge in [0.1, 0.15) is 11.3 Å². The van der Waals surface area contributed by atoms with Crippen LogP contribution in [0.25, 0.3) is 22.2 Å². The Morgan fingerprint density at radius 3 is 2.67 bits per heavy atom. The van der Waals surface area contributed by atoms with Crippen LogP contribution in [-0.2, 0) is 11.2 Å². The summed E-state index contributed by atoms with van der Waals surface area (Å²) in [7, 11) is 4.78. The highest BCUT2D eigenvalue weighted by Gasteiger charge is 2.14. The molecule has 0 aliphatic rings. The van der Waals surface area contributed by atoms with E-state index in [1.54, 1.807) is 33.7 Å². The van der Waals surface area contributed by atoms with Crippen LogP contribution in [-0.4, -0.2) is 32.2 Å². The molecule has 4 rings (SSSR count). The predicted octanol–water partition coefficient (Wildman–Crippen LogP) is 4.76. The van der Waals surface area contributed by atoms with Gasteiger partial charge in [-0.2, -0.15) is 0 Å². The zero-order valence-corrected chi connectivity index (χ0v) is 17.5. The van der Waals surface area contributed by atoms with Crippen molar-refractivity contribution in [2.75, 3.05) is 26.6 Å². The van der Waals surface area contributed by atoms with Crippen molar-refractivity contribution in [1.82, 2.24) is 4.98 Å². The smallest absolute Gasteiger partial charge is 0.230 e. The first-order valence-electron chi connectivity index (χ1n) is 9.13. The van der Waals surface area contributed by atoms with Crippen molar-refractivity contribution in [1.29, 1.82) is 0 Å². The van der Waals surface area contributed by atoms with Crippen LogP contribution in [0.1, 0.15) is 5.56 Å². The number of aromatic nitrogens is 1. The number of carbonyl (C=O) groups excluding carboxylic acids is 1. The molecule has 0 aliphatic carbocycles. The number of hydrogen-bond donors (Lipinski definition) is 1. The van der Waals surface area contributed by atoms with Crippen LogP contribution in [0.3, 0.4) is 0 Å². The topological polar surface area (TPSA) is 82.8 Å². The van der Waals surface area contributed by atoms with E-state index in [4.69, 9.17) is 18.6 Å². The summed E-state index contributed by atoms with van der Waals surface area (Å²) >= 11 is 1.36. The molecular weight excluding hydrogens is 404 g/mol. The van der Waals surface area contributed by atoms with E-state index in [9.17, 15) is 4.79 Å². The molecule has 2 heterocycles. The van der Waals surface area contributed by atoms with E-state index < -0.39 is 0 Å². The Hall–Kier alpha value is -3.52. The fourth-order valence-electron chi connectivity index (χ4n) is 3.12. The second-order valence-electron chi connectivity index (χ2n) is 6.46. The predicted molar refractivity (Wildman–Crippen MR) is 116 cm³/mol. The number of fused-ring (bicyclic) bond motifs is 1. The molecule has 0 atom stereocenters. The average Bonchev–Trinajstić information content (AvgIpc) is 3.40. The number of nitrogens with one attached hydrogen (secondary N) is 1. The zero-order valence-electron chi connectivity index (χ0n) is 16.7. The van der Waals surface area contributed by atoms with Crippen molar-refractivity contribution in [2.24, 2.45) is 0 Å². The summed E-state index contributed by atoms with van der Waals surface area (Å²) in [4.78, 5) is 17.0. The SMILES string of the molecule is COc1ccc2c(CC(=O)Nc3nc(-c4ccc(OC)c(OC)c4)cs3)coc2c1. The highest BCUT2D eigenvalue weighted by molar-refractivity contribution is 7.14. The molecule has 7 nitrogen and oxygen atoms in total. The van der Waals surface area contributed by atoms with Crippen LogP contribution in [0.5, 0.6) is 17.2 Å². The quantitative estimate of drug-likeness (QED) is 0.460. The van der Waals surface area contributed by atoms with Crippen LogP contribution >= 0.6 is 11.3 Å². The largest absolute Gasteiger partial charge is 0.497 e. The molecule has 0 aliphatic heterocycles. The highest BCUT2D eigenvalue weighted by Crippen LogP contribution is 2.33. The van der Waals surface area contributed by atoms with Crippen molar-refractivity contribution < 1.29 is 23.4 Å². The summed E-state index contributed by atoms with van der Waals surface area (Å²) in [5.41, 5.74) is 3.11. The Morgan fingerprint density at radius 2 is 1.90 bits per heavy atom. The van der Waals surface area contributed by atoms with Crippen molar-refractivity contribution in [3.8, 4) is 28.5 Å². The number of rotatable bonds is 7. The molecule has 30 heavy (non-hydrogen) atoms. The Labute approximate surface area is 177 Å². The van der Waals surface area contributed by atoms with Crippen LogP contribution in [0, 0.1) is 0 Å². The lowest BCUT2D eigenvalue weighted by molar-refractivity contribution is -0.115. The number of thiazole rings is 1. The second-order valence-corrected chi connectivity index (χ2v) is 7.31. The number of anilines is 1. The lowest BCUT2D eigenvalue weighted by atomic mass is 10.1. The molecule has 2 aromatic carbocycles. The Balaban J connectivity index is 1.47. The average molecular weight is 424 g/mol. The number of carbonyl (C=O) groups is 1. The Bertz CT molecular complexity index is 1200. The first kappa shape index (κ1) is 19.8. The molecule has 1 amide bonds. The number of amides is 1.